The molecule has 0 aliphatic heterocycles. The smallest absolute Gasteiger partial charge is 0.222 e. The van der Waals surface area contributed by atoms with Crippen LogP contribution in [0.4, 0.5) is 0 Å². The van der Waals surface area contributed by atoms with E-state index in [4.69, 9.17) is 10.6 Å². The molecule has 2 N–H and O–H groups in total. The molecule has 0 spiro atoms. The van der Waals surface area contributed by atoms with Crippen molar-refractivity contribution in [3.8, 4) is 0 Å². The number of oxime groups is 1. The van der Waals surface area contributed by atoms with Crippen LogP contribution in [0.2, 0.25) is 0 Å². The first-order valence-corrected chi connectivity index (χ1v) is 4.25. The third-order valence-electron chi connectivity index (χ3n) is 1.52. The Labute approximate surface area is 82.4 Å². The van der Waals surface area contributed by atoms with Gasteiger partial charge in [0, 0.05) is 0 Å². The lowest BCUT2D eigenvalue weighted by atomic mass is 10.2. The molecule has 0 saturated carbocycles. The zero-order valence-corrected chi connectivity index (χ0v) is 7.72. The summed E-state index contributed by atoms with van der Waals surface area (Å²) in [5, 5.41) is 3.58. The van der Waals surface area contributed by atoms with Crippen molar-refractivity contribution < 1.29 is 9.63 Å². The zero-order chi connectivity index (χ0) is 10.2. The molecule has 0 aliphatic carbocycles. The lowest BCUT2D eigenvalue weighted by molar-refractivity contribution is -0.116. The van der Waals surface area contributed by atoms with Crippen molar-refractivity contribution in [2.75, 3.05) is 0 Å². The maximum Gasteiger partial charge on any atom is 0.222 e. The SMILES string of the molecule is NC(=O)CC=NOCc1ccccc1. The van der Waals surface area contributed by atoms with E-state index in [1.54, 1.807) is 0 Å². The summed E-state index contributed by atoms with van der Waals surface area (Å²) in [5.41, 5.74) is 5.93. The van der Waals surface area contributed by atoms with Crippen LogP contribution in [0.1, 0.15) is 12.0 Å². The number of hydrogen-bond acceptors (Lipinski definition) is 3. The minimum Gasteiger partial charge on any atom is -0.391 e. The Kier molecular flexibility index (Phi) is 4.20. The first-order chi connectivity index (χ1) is 6.79. The second kappa shape index (κ2) is 5.75. The zero-order valence-electron chi connectivity index (χ0n) is 7.72. The van der Waals surface area contributed by atoms with Gasteiger partial charge in [-0.1, -0.05) is 35.5 Å². The van der Waals surface area contributed by atoms with Crippen LogP contribution >= 0.6 is 0 Å². The van der Waals surface area contributed by atoms with E-state index in [1.165, 1.54) is 6.21 Å². The largest absolute Gasteiger partial charge is 0.391 e. The van der Waals surface area contributed by atoms with Gasteiger partial charge in [0.25, 0.3) is 0 Å². The number of nitrogens with two attached hydrogens (primary N) is 1. The number of primary amides is 1. The Bertz CT molecular complexity index is 309. The molecule has 0 aromatic heterocycles. The van der Waals surface area contributed by atoms with Gasteiger partial charge >= 0.3 is 0 Å². The number of carbonyl (C=O) groups excluding carboxylic acids is 1. The van der Waals surface area contributed by atoms with Crippen LogP contribution in [0.5, 0.6) is 0 Å². The summed E-state index contributed by atoms with van der Waals surface area (Å²) in [5.74, 6) is -0.419. The highest BCUT2D eigenvalue weighted by molar-refractivity contribution is 5.88. The Morgan fingerprint density at radius 3 is 2.79 bits per heavy atom. The van der Waals surface area contributed by atoms with Gasteiger partial charge in [-0.3, -0.25) is 4.79 Å². The van der Waals surface area contributed by atoms with E-state index in [0.29, 0.717) is 6.61 Å². The summed E-state index contributed by atoms with van der Waals surface area (Å²) in [7, 11) is 0. The summed E-state index contributed by atoms with van der Waals surface area (Å²) in [6.07, 6.45) is 1.46. The number of hydrogen-bond donors (Lipinski definition) is 1. The van der Waals surface area contributed by atoms with E-state index in [1.807, 2.05) is 30.3 Å². The number of carbonyl (C=O) groups is 1. The van der Waals surface area contributed by atoms with Crippen molar-refractivity contribution in [2.45, 2.75) is 13.0 Å². The van der Waals surface area contributed by atoms with Crippen LogP contribution < -0.4 is 5.73 Å². The van der Waals surface area contributed by atoms with Crippen molar-refractivity contribution in [2.24, 2.45) is 10.9 Å². The average molecular weight is 192 g/mol. The highest BCUT2D eigenvalue weighted by atomic mass is 16.6. The molecule has 4 heteroatoms. The normalized spacial score (nSPS) is 10.3. The Balaban J connectivity index is 2.22. The van der Waals surface area contributed by atoms with E-state index in [9.17, 15) is 4.79 Å². The van der Waals surface area contributed by atoms with Crippen molar-refractivity contribution in [3.05, 3.63) is 35.9 Å². The molecule has 0 atom stereocenters. The fourth-order valence-electron chi connectivity index (χ4n) is 0.866. The maximum atomic E-state index is 10.3. The molecule has 74 valence electrons. The summed E-state index contributed by atoms with van der Waals surface area (Å²) in [6, 6.07) is 9.64. The number of nitrogens with zero attached hydrogens (tertiary/aromatic N) is 1. The molecule has 0 bridgehead atoms. The predicted molar refractivity (Wildman–Crippen MR) is 53.5 cm³/mol. The molecule has 1 rings (SSSR count). The van der Waals surface area contributed by atoms with Crippen LogP contribution in [0, 0.1) is 0 Å². The van der Waals surface area contributed by atoms with Crippen LogP contribution in [-0.4, -0.2) is 12.1 Å². The van der Waals surface area contributed by atoms with E-state index in [0.717, 1.165) is 5.56 Å². The van der Waals surface area contributed by atoms with Gasteiger partial charge in [-0.25, -0.2) is 0 Å². The van der Waals surface area contributed by atoms with Gasteiger partial charge in [0.05, 0.1) is 12.6 Å². The molecule has 1 aromatic rings. The maximum absolute atomic E-state index is 10.3. The minimum atomic E-state index is -0.419. The summed E-state index contributed by atoms with van der Waals surface area (Å²) in [6.45, 7) is 0.399. The van der Waals surface area contributed by atoms with Gasteiger partial charge in [-0.05, 0) is 5.56 Å². The highest BCUT2D eigenvalue weighted by Gasteiger charge is 1.90. The Morgan fingerprint density at radius 1 is 1.43 bits per heavy atom. The highest BCUT2D eigenvalue weighted by Crippen LogP contribution is 1.99. The second-order valence-electron chi connectivity index (χ2n) is 2.72. The van der Waals surface area contributed by atoms with Crippen LogP contribution in [0.15, 0.2) is 35.5 Å². The van der Waals surface area contributed by atoms with E-state index in [-0.39, 0.29) is 6.42 Å². The van der Waals surface area contributed by atoms with Crippen molar-refractivity contribution in [3.63, 3.8) is 0 Å². The number of benzene rings is 1. The molecule has 0 fully saturated rings. The summed E-state index contributed by atoms with van der Waals surface area (Å²) < 4.78 is 0. The second-order valence-corrected chi connectivity index (χ2v) is 2.72. The predicted octanol–water partition coefficient (Wildman–Crippen LogP) is 1.06. The van der Waals surface area contributed by atoms with E-state index < -0.39 is 5.91 Å². The lowest BCUT2D eigenvalue weighted by Crippen LogP contribution is -2.10. The van der Waals surface area contributed by atoms with E-state index >= 15 is 0 Å². The number of rotatable bonds is 5. The van der Waals surface area contributed by atoms with Crippen molar-refractivity contribution >= 4 is 12.1 Å². The fraction of sp³-hybridized carbons (Fsp3) is 0.200. The average Bonchev–Trinajstić information content (AvgIpc) is 2.18. The topological polar surface area (TPSA) is 64.7 Å². The van der Waals surface area contributed by atoms with Gasteiger partial charge in [0.1, 0.15) is 6.61 Å². The molecule has 0 radical (unpaired) electrons. The van der Waals surface area contributed by atoms with Gasteiger partial charge in [0.15, 0.2) is 0 Å². The van der Waals surface area contributed by atoms with Gasteiger partial charge in [0.2, 0.25) is 5.91 Å². The van der Waals surface area contributed by atoms with Crippen LogP contribution in [0.25, 0.3) is 0 Å². The molecule has 0 heterocycles. The standard InChI is InChI=1S/C10H12N2O2/c11-10(13)6-7-12-14-8-9-4-2-1-3-5-9/h1-5,7H,6,8H2,(H2,11,13). The molecular weight excluding hydrogens is 180 g/mol. The Morgan fingerprint density at radius 2 is 2.14 bits per heavy atom. The van der Waals surface area contributed by atoms with Gasteiger partial charge in [-0.15, -0.1) is 0 Å². The molecule has 0 saturated heterocycles. The van der Waals surface area contributed by atoms with Crippen molar-refractivity contribution in [1.82, 2.24) is 0 Å². The summed E-state index contributed by atoms with van der Waals surface area (Å²) >= 11 is 0. The molecule has 14 heavy (non-hydrogen) atoms. The molecular formula is C10H12N2O2. The molecule has 0 unspecified atom stereocenters. The third kappa shape index (κ3) is 4.25. The van der Waals surface area contributed by atoms with Gasteiger partial charge in [-0.2, -0.15) is 0 Å². The quantitative estimate of drug-likeness (QED) is 0.560. The lowest BCUT2D eigenvalue weighted by Gasteiger charge is -1.97. The fourth-order valence-corrected chi connectivity index (χ4v) is 0.866. The van der Waals surface area contributed by atoms with E-state index in [2.05, 4.69) is 5.16 Å². The first kappa shape index (κ1) is 10.2. The molecule has 4 nitrogen and oxygen atoms in total. The first-order valence-electron chi connectivity index (χ1n) is 4.25. The molecule has 1 aromatic carbocycles. The van der Waals surface area contributed by atoms with Crippen LogP contribution in [-0.2, 0) is 16.2 Å². The third-order valence-corrected chi connectivity index (χ3v) is 1.52. The minimum absolute atomic E-state index is 0.106. The Hall–Kier alpha value is -1.84. The summed E-state index contributed by atoms with van der Waals surface area (Å²) in [4.78, 5) is 15.2. The molecule has 1 amide bonds. The van der Waals surface area contributed by atoms with Gasteiger partial charge < -0.3 is 10.6 Å². The van der Waals surface area contributed by atoms with Crippen molar-refractivity contribution in [1.29, 1.82) is 0 Å². The monoisotopic (exact) mass is 192 g/mol. The molecule has 0 aliphatic rings. The van der Waals surface area contributed by atoms with Crippen LogP contribution in [0.3, 0.4) is 0 Å². The number of amides is 1.